The zero-order valence-corrected chi connectivity index (χ0v) is 16.0. The number of carbonyl (C=O) groups is 1. The molecule has 1 saturated heterocycles. The van der Waals surface area contributed by atoms with Crippen LogP contribution in [0.2, 0.25) is 0 Å². The Balaban J connectivity index is 1.57. The lowest BCUT2D eigenvalue weighted by molar-refractivity contribution is -0.125. The van der Waals surface area contributed by atoms with Gasteiger partial charge in [0.05, 0.1) is 0 Å². The Morgan fingerprint density at radius 3 is 2.35 bits per heavy atom. The van der Waals surface area contributed by atoms with Gasteiger partial charge in [0.15, 0.2) is 0 Å². The maximum Gasteiger partial charge on any atom is 0.230 e. The number of amides is 1. The van der Waals surface area contributed by atoms with Crippen LogP contribution in [-0.4, -0.2) is 37.0 Å². The Bertz CT molecular complexity index is 686. The second-order valence-corrected chi connectivity index (χ2v) is 7.33. The third kappa shape index (κ3) is 4.53. The lowest BCUT2D eigenvalue weighted by atomic mass is 9.85. The minimum atomic E-state index is 0.128. The number of hydrogen-bond acceptors (Lipinski definition) is 2. The van der Waals surface area contributed by atoms with Crippen molar-refractivity contribution in [2.75, 3.05) is 31.1 Å². The predicted molar refractivity (Wildman–Crippen MR) is 108 cm³/mol. The number of carbonyl (C=O) groups excluding carboxylic acids is 1. The van der Waals surface area contributed by atoms with E-state index in [1.54, 1.807) is 0 Å². The molecule has 26 heavy (non-hydrogen) atoms. The standard InChI is InChI=1S/C23H30N2O/c1-3-25(21-12-8-5-9-13-21)23(26)22-15-17-24(18-19(22)2)16-14-20-10-6-4-7-11-20/h4-13,19,22H,3,14-18H2,1-2H3/t19-,22-/m1/s1. The fourth-order valence-electron chi connectivity index (χ4n) is 4.01. The average Bonchev–Trinajstić information content (AvgIpc) is 2.68. The first-order valence-corrected chi connectivity index (χ1v) is 9.81. The normalized spacial score (nSPS) is 20.7. The molecule has 1 fully saturated rings. The number of hydrogen-bond donors (Lipinski definition) is 0. The van der Waals surface area contributed by atoms with E-state index in [2.05, 4.69) is 49.1 Å². The van der Waals surface area contributed by atoms with Crippen molar-refractivity contribution in [3.05, 3.63) is 66.2 Å². The van der Waals surface area contributed by atoms with Crippen LogP contribution in [-0.2, 0) is 11.2 Å². The monoisotopic (exact) mass is 350 g/mol. The molecule has 138 valence electrons. The van der Waals surface area contributed by atoms with E-state index >= 15 is 0 Å². The lowest BCUT2D eigenvalue weighted by Crippen LogP contribution is -2.47. The molecule has 0 saturated carbocycles. The summed E-state index contributed by atoms with van der Waals surface area (Å²) in [4.78, 5) is 17.6. The quantitative estimate of drug-likeness (QED) is 0.778. The molecular formula is C23H30N2O. The first-order chi connectivity index (χ1) is 12.7. The van der Waals surface area contributed by atoms with Gasteiger partial charge in [0.2, 0.25) is 5.91 Å². The summed E-state index contributed by atoms with van der Waals surface area (Å²) in [6.07, 6.45) is 2.04. The largest absolute Gasteiger partial charge is 0.312 e. The maximum atomic E-state index is 13.1. The van der Waals surface area contributed by atoms with Crippen LogP contribution in [0.4, 0.5) is 5.69 Å². The lowest BCUT2D eigenvalue weighted by Gasteiger charge is -2.38. The summed E-state index contributed by atoms with van der Waals surface area (Å²) in [6, 6.07) is 20.7. The molecule has 1 aliphatic heterocycles. The molecule has 0 N–H and O–H groups in total. The highest BCUT2D eigenvalue weighted by atomic mass is 16.2. The van der Waals surface area contributed by atoms with Gasteiger partial charge in [0.1, 0.15) is 0 Å². The molecule has 0 aromatic heterocycles. The third-order valence-corrected chi connectivity index (χ3v) is 5.52. The topological polar surface area (TPSA) is 23.6 Å². The number of anilines is 1. The van der Waals surface area contributed by atoms with E-state index in [1.807, 2.05) is 35.2 Å². The van der Waals surface area contributed by atoms with E-state index < -0.39 is 0 Å². The molecule has 1 heterocycles. The predicted octanol–water partition coefficient (Wildman–Crippen LogP) is 4.24. The van der Waals surface area contributed by atoms with Crippen LogP contribution >= 0.6 is 0 Å². The molecule has 0 radical (unpaired) electrons. The van der Waals surface area contributed by atoms with Crippen molar-refractivity contribution in [3.8, 4) is 0 Å². The van der Waals surface area contributed by atoms with Crippen LogP contribution in [0.25, 0.3) is 0 Å². The van der Waals surface area contributed by atoms with Crippen LogP contribution in [0.1, 0.15) is 25.8 Å². The zero-order chi connectivity index (χ0) is 18.4. The SMILES string of the molecule is CCN(C(=O)[C@@H]1CCN(CCc2ccccc2)C[C@H]1C)c1ccccc1. The number of nitrogens with zero attached hydrogens (tertiary/aromatic N) is 2. The van der Waals surface area contributed by atoms with Crippen LogP contribution in [0.15, 0.2) is 60.7 Å². The summed E-state index contributed by atoms with van der Waals surface area (Å²) in [5.74, 6) is 0.807. The Morgan fingerprint density at radius 1 is 1.08 bits per heavy atom. The van der Waals surface area contributed by atoms with Crippen molar-refractivity contribution < 1.29 is 4.79 Å². The molecule has 3 rings (SSSR count). The summed E-state index contributed by atoms with van der Waals surface area (Å²) >= 11 is 0. The van der Waals surface area contributed by atoms with Crippen LogP contribution in [0.3, 0.4) is 0 Å². The molecule has 0 unspecified atom stereocenters. The highest BCUT2D eigenvalue weighted by molar-refractivity contribution is 5.95. The average molecular weight is 351 g/mol. The van der Waals surface area contributed by atoms with E-state index in [1.165, 1.54) is 5.56 Å². The zero-order valence-electron chi connectivity index (χ0n) is 16.0. The fraction of sp³-hybridized carbons (Fsp3) is 0.435. The molecule has 0 bridgehead atoms. The Morgan fingerprint density at radius 2 is 1.73 bits per heavy atom. The van der Waals surface area contributed by atoms with Gasteiger partial charge in [-0.1, -0.05) is 55.5 Å². The van der Waals surface area contributed by atoms with Crippen molar-refractivity contribution >= 4 is 11.6 Å². The fourth-order valence-corrected chi connectivity index (χ4v) is 4.01. The molecule has 1 amide bonds. The van der Waals surface area contributed by atoms with E-state index in [4.69, 9.17) is 0 Å². The molecule has 3 heteroatoms. The molecule has 2 aromatic carbocycles. The number of rotatable bonds is 6. The van der Waals surface area contributed by atoms with E-state index in [0.29, 0.717) is 5.92 Å². The van der Waals surface area contributed by atoms with Gasteiger partial charge < -0.3 is 9.80 Å². The number of para-hydroxylation sites is 1. The molecule has 0 aliphatic carbocycles. The van der Waals surface area contributed by atoms with E-state index in [-0.39, 0.29) is 11.8 Å². The van der Waals surface area contributed by atoms with Crippen molar-refractivity contribution in [3.63, 3.8) is 0 Å². The number of benzene rings is 2. The first kappa shape index (κ1) is 18.7. The highest BCUT2D eigenvalue weighted by Crippen LogP contribution is 2.27. The van der Waals surface area contributed by atoms with Gasteiger partial charge >= 0.3 is 0 Å². The summed E-state index contributed by atoms with van der Waals surface area (Å²) in [5, 5.41) is 0. The van der Waals surface area contributed by atoms with Gasteiger partial charge in [-0.05, 0) is 49.9 Å². The summed E-state index contributed by atoms with van der Waals surface area (Å²) in [5.41, 5.74) is 2.40. The van der Waals surface area contributed by atoms with Gasteiger partial charge in [0, 0.05) is 31.2 Å². The molecule has 1 aliphatic rings. The second-order valence-electron chi connectivity index (χ2n) is 7.33. The van der Waals surface area contributed by atoms with Crippen molar-refractivity contribution in [2.45, 2.75) is 26.7 Å². The van der Waals surface area contributed by atoms with Gasteiger partial charge in [-0.25, -0.2) is 0 Å². The third-order valence-electron chi connectivity index (χ3n) is 5.52. The molecular weight excluding hydrogens is 320 g/mol. The smallest absolute Gasteiger partial charge is 0.230 e. The Kier molecular flexibility index (Phi) is 6.45. The number of likely N-dealkylation sites (tertiary alicyclic amines) is 1. The highest BCUT2D eigenvalue weighted by Gasteiger charge is 2.33. The molecule has 0 spiro atoms. The second kappa shape index (κ2) is 9.00. The van der Waals surface area contributed by atoms with Crippen LogP contribution in [0, 0.1) is 11.8 Å². The summed E-state index contributed by atoms with van der Waals surface area (Å²) in [6.45, 7) is 8.12. The summed E-state index contributed by atoms with van der Waals surface area (Å²) in [7, 11) is 0. The van der Waals surface area contributed by atoms with Gasteiger partial charge in [-0.15, -0.1) is 0 Å². The number of piperidine rings is 1. The molecule has 2 aromatic rings. The van der Waals surface area contributed by atoms with Crippen molar-refractivity contribution in [2.24, 2.45) is 11.8 Å². The summed E-state index contributed by atoms with van der Waals surface area (Å²) < 4.78 is 0. The first-order valence-electron chi connectivity index (χ1n) is 9.81. The Hall–Kier alpha value is -2.13. The molecule has 3 nitrogen and oxygen atoms in total. The Labute approximate surface area is 157 Å². The van der Waals surface area contributed by atoms with Gasteiger partial charge in [-0.3, -0.25) is 4.79 Å². The van der Waals surface area contributed by atoms with E-state index in [0.717, 1.165) is 44.7 Å². The van der Waals surface area contributed by atoms with E-state index in [9.17, 15) is 4.79 Å². The van der Waals surface area contributed by atoms with Gasteiger partial charge in [0.25, 0.3) is 0 Å². The van der Waals surface area contributed by atoms with Gasteiger partial charge in [-0.2, -0.15) is 0 Å². The molecule has 2 atom stereocenters. The minimum Gasteiger partial charge on any atom is -0.312 e. The van der Waals surface area contributed by atoms with Crippen molar-refractivity contribution in [1.29, 1.82) is 0 Å². The minimum absolute atomic E-state index is 0.128. The maximum absolute atomic E-state index is 13.1. The van der Waals surface area contributed by atoms with Crippen LogP contribution in [0.5, 0.6) is 0 Å². The van der Waals surface area contributed by atoms with Crippen LogP contribution < -0.4 is 4.90 Å². The van der Waals surface area contributed by atoms with Crippen molar-refractivity contribution in [1.82, 2.24) is 4.90 Å².